The second-order valence-corrected chi connectivity index (χ2v) is 4.15. The van der Waals surface area contributed by atoms with Crippen LogP contribution in [0.5, 0.6) is 5.75 Å². The van der Waals surface area contributed by atoms with Crippen LogP contribution in [0.25, 0.3) is 0 Å². The van der Waals surface area contributed by atoms with E-state index in [1.165, 1.54) is 0 Å². The van der Waals surface area contributed by atoms with Gasteiger partial charge in [-0.25, -0.2) is 0 Å². The van der Waals surface area contributed by atoms with Crippen LogP contribution in [0.3, 0.4) is 0 Å². The van der Waals surface area contributed by atoms with E-state index >= 15 is 0 Å². The van der Waals surface area contributed by atoms with Crippen LogP contribution in [0.15, 0.2) is 12.1 Å². The predicted octanol–water partition coefficient (Wildman–Crippen LogP) is 2.13. The Morgan fingerprint density at radius 2 is 2.06 bits per heavy atom. The lowest BCUT2D eigenvalue weighted by Gasteiger charge is -2.11. The van der Waals surface area contributed by atoms with E-state index in [9.17, 15) is 0 Å². The van der Waals surface area contributed by atoms with Gasteiger partial charge in [0.1, 0.15) is 5.75 Å². The second-order valence-electron chi connectivity index (χ2n) is 3.30. The van der Waals surface area contributed by atoms with Crippen LogP contribution in [0.2, 0.25) is 10.0 Å². The molecule has 0 bridgehead atoms. The van der Waals surface area contributed by atoms with E-state index in [0.717, 1.165) is 18.5 Å². The maximum Gasteiger partial charge on any atom is 0.140 e. The van der Waals surface area contributed by atoms with Crippen molar-refractivity contribution in [3.63, 3.8) is 0 Å². The number of aliphatic hydroxyl groups excluding tert-OH is 1. The Hall–Kier alpha value is -0.480. The molecule has 0 aliphatic rings. The van der Waals surface area contributed by atoms with E-state index < -0.39 is 0 Å². The molecule has 0 saturated carbocycles. The molecule has 0 aliphatic heterocycles. The van der Waals surface area contributed by atoms with Crippen LogP contribution < -0.4 is 10.1 Å². The molecule has 3 nitrogen and oxygen atoms in total. The van der Waals surface area contributed by atoms with Gasteiger partial charge in [0.2, 0.25) is 0 Å². The fourth-order valence-corrected chi connectivity index (χ4v) is 2.07. The van der Waals surface area contributed by atoms with Crippen molar-refractivity contribution in [2.75, 3.05) is 26.8 Å². The number of hydrogen-bond donors (Lipinski definition) is 2. The Morgan fingerprint density at radius 3 is 2.69 bits per heavy atom. The van der Waals surface area contributed by atoms with Gasteiger partial charge in [0, 0.05) is 11.6 Å². The highest BCUT2D eigenvalue weighted by molar-refractivity contribution is 6.35. The number of methoxy groups -OCH3 is 1. The average Bonchev–Trinajstić information content (AvgIpc) is 2.24. The summed E-state index contributed by atoms with van der Waals surface area (Å²) in [5, 5.41) is 12.8. The van der Waals surface area contributed by atoms with E-state index in [4.69, 9.17) is 33.0 Å². The number of halogens is 2. The molecular weight excluding hydrogens is 249 g/mol. The molecule has 0 unspecified atom stereocenters. The molecule has 0 radical (unpaired) electrons. The molecule has 0 atom stereocenters. The van der Waals surface area contributed by atoms with E-state index in [1.807, 2.05) is 6.07 Å². The molecule has 1 aromatic rings. The SMILES string of the molecule is COc1c(Cl)cc(Cl)cc1CCNCCO. The van der Waals surface area contributed by atoms with Crippen LogP contribution in [0, 0.1) is 0 Å². The van der Waals surface area contributed by atoms with Crippen LogP contribution in [0.1, 0.15) is 5.56 Å². The minimum Gasteiger partial charge on any atom is -0.495 e. The zero-order valence-corrected chi connectivity index (χ0v) is 10.6. The lowest BCUT2D eigenvalue weighted by atomic mass is 10.1. The summed E-state index contributed by atoms with van der Waals surface area (Å²) in [6.45, 7) is 1.46. The summed E-state index contributed by atoms with van der Waals surface area (Å²) in [5.74, 6) is 0.664. The molecule has 1 aromatic carbocycles. The van der Waals surface area contributed by atoms with Gasteiger partial charge in [-0.05, 0) is 30.7 Å². The van der Waals surface area contributed by atoms with Crippen molar-refractivity contribution in [3.8, 4) is 5.75 Å². The second kappa shape index (κ2) is 6.97. The van der Waals surface area contributed by atoms with Gasteiger partial charge >= 0.3 is 0 Å². The monoisotopic (exact) mass is 263 g/mol. The van der Waals surface area contributed by atoms with Crippen molar-refractivity contribution >= 4 is 23.2 Å². The summed E-state index contributed by atoms with van der Waals surface area (Å²) < 4.78 is 5.22. The molecular formula is C11H15Cl2NO2. The molecule has 5 heteroatoms. The van der Waals surface area contributed by atoms with Gasteiger partial charge in [0.25, 0.3) is 0 Å². The lowest BCUT2D eigenvalue weighted by molar-refractivity contribution is 0.292. The first kappa shape index (κ1) is 13.6. The Bertz CT molecular complexity index is 345. The van der Waals surface area contributed by atoms with Crippen LogP contribution >= 0.6 is 23.2 Å². The zero-order valence-electron chi connectivity index (χ0n) is 9.09. The van der Waals surface area contributed by atoms with Crippen molar-refractivity contribution in [1.82, 2.24) is 5.32 Å². The van der Waals surface area contributed by atoms with Crippen LogP contribution in [0.4, 0.5) is 0 Å². The lowest BCUT2D eigenvalue weighted by Crippen LogP contribution is -2.21. The first-order valence-corrected chi connectivity index (χ1v) is 5.78. The Morgan fingerprint density at radius 1 is 1.31 bits per heavy atom. The van der Waals surface area contributed by atoms with Gasteiger partial charge in [-0.2, -0.15) is 0 Å². The van der Waals surface area contributed by atoms with E-state index in [0.29, 0.717) is 22.3 Å². The van der Waals surface area contributed by atoms with Crippen molar-refractivity contribution in [2.45, 2.75) is 6.42 Å². The number of aliphatic hydroxyl groups is 1. The predicted molar refractivity (Wildman–Crippen MR) is 66.7 cm³/mol. The normalized spacial score (nSPS) is 10.5. The largest absolute Gasteiger partial charge is 0.495 e. The molecule has 0 amide bonds. The quantitative estimate of drug-likeness (QED) is 0.773. The molecule has 90 valence electrons. The number of nitrogens with one attached hydrogen (secondary N) is 1. The fourth-order valence-electron chi connectivity index (χ4n) is 1.46. The third-order valence-corrected chi connectivity index (χ3v) is 2.65. The summed E-state index contributed by atoms with van der Waals surface area (Å²) in [7, 11) is 1.58. The number of ether oxygens (including phenoxy) is 1. The summed E-state index contributed by atoms with van der Waals surface area (Å²) in [5.41, 5.74) is 0.963. The first-order chi connectivity index (χ1) is 7.69. The number of hydrogen-bond acceptors (Lipinski definition) is 3. The summed E-state index contributed by atoms with van der Waals surface area (Å²) in [6, 6.07) is 3.50. The van der Waals surface area contributed by atoms with Gasteiger partial charge in [0.05, 0.1) is 18.7 Å². The van der Waals surface area contributed by atoms with Gasteiger partial charge < -0.3 is 15.2 Å². The Kier molecular flexibility index (Phi) is 5.91. The maximum absolute atomic E-state index is 8.62. The van der Waals surface area contributed by atoms with Gasteiger partial charge in [-0.3, -0.25) is 0 Å². The smallest absolute Gasteiger partial charge is 0.140 e. The third kappa shape index (κ3) is 3.83. The molecule has 0 aromatic heterocycles. The van der Waals surface area contributed by atoms with Crippen LogP contribution in [-0.4, -0.2) is 31.9 Å². The first-order valence-electron chi connectivity index (χ1n) is 5.02. The summed E-state index contributed by atoms with van der Waals surface area (Å²) in [4.78, 5) is 0. The molecule has 16 heavy (non-hydrogen) atoms. The maximum atomic E-state index is 8.62. The molecule has 2 N–H and O–H groups in total. The topological polar surface area (TPSA) is 41.5 Å². The molecule has 0 saturated heterocycles. The fraction of sp³-hybridized carbons (Fsp3) is 0.455. The highest BCUT2D eigenvalue weighted by Crippen LogP contribution is 2.32. The van der Waals surface area contributed by atoms with Gasteiger partial charge in [0.15, 0.2) is 0 Å². The van der Waals surface area contributed by atoms with Crippen LogP contribution in [-0.2, 0) is 6.42 Å². The molecule has 1 rings (SSSR count). The number of rotatable bonds is 6. The standard InChI is InChI=1S/C11H15Cl2NO2/c1-16-11-8(2-3-14-4-5-15)6-9(12)7-10(11)13/h6-7,14-15H,2-5H2,1H3. The third-order valence-electron chi connectivity index (χ3n) is 2.15. The van der Waals surface area contributed by atoms with Crippen molar-refractivity contribution in [3.05, 3.63) is 27.7 Å². The highest BCUT2D eigenvalue weighted by Gasteiger charge is 2.09. The molecule has 0 fully saturated rings. The van der Waals surface area contributed by atoms with Gasteiger partial charge in [-0.15, -0.1) is 0 Å². The summed E-state index contributed by atoms with van der Waals surface area (Å²) in [6.07, 6.45) is 0.753. The Labute approximate surface area is 105 Å². The van der Waals surface area contributed by atoms with E-state index in [1.54, 1.807) is 13.2 Å². The Balaban J connectivity index is 2.69. The minimum atomic E-state index is 0.132. The minimum absolute atomic E-state index is 0.132. The van der Waals surface area contributed by atoms with Crippen molar-refractivity contribution in [1.29, 1.82) is 0 Å². The zero-order chi connectivity index (χ0) is 12.0. The van der Waals surface area contributed by atoms with E-state index in [2.05, 4.69) is 5.32 Å². The van der Waals surface area contributed by atoms with E-state index in [-0.39, 0.29) is 6.61 Å². The average molecular weight is 264 g/mol. The molecule has 0 spiro atoms. The van der Waals surface area contributed by atoms with Crippen molar-refractivity contribution in [2.24, 2.45) is 0 Å². The molecule has 0 aliphatic carbocycles. The summed E-state index contributed by atoms with van der Waals surface area (Å²) >= 11 is 11.9. The number of benzene rings is 1. The molecule has 0 heterocycles. The highest BCUT2D eigenvalue weighted by atomic mass is 35.5. The van der Waals surface area contributed by atoms with Gasteiger partial charge in [-0.1, -0.05) is 23.2 Å². The van der Waals surface area contributed by atoms with Crippen molar-refractivity contribution < 1.29 is 9.84 Å².